The van der Waals surface area contributed by atoms with Crippen molar-refractivity contribution in [2.75, 3.05) is 19.7 Å². The van der Waals surface area contributed by atoms with Crippen LogP contribution in [0.5, 0.6) is 0 Å². The van der Waals surface area contributed by atoms with Crippen molar-refractivity contribution in [2.24, 2.45) is 5.73 Å². The van der Waals surface area contributed by atoms with E-state index in [1.807, 2.05) is 4.90 Å². The fourth-order valence-corrected chi connectivity index (χ4v) is 2.05. The van der Waals surface area contributed by atoms with Gasteiger partial charge in [-0.05, 0) is 6.42 Å². The van der Waals surface area contributed by atoms with Gasteiger partial charge in [0.15, 0.2) is 0 Å². The molecule has 1 aromatic rings. The Labute approximate surface area is 108 Å². The summed E-state index contributed by atoms with van der Waals surface area (Å²) in [5.74, 6) is -0.620. The van der Waals surface area contributed by atoms with Crippen LogP contribution in [0.2, 0.25) is 0 Å². The maximum absolute atomic E-state index is 12.6. The first-order valence-electron chi connectivity index (χ1n) is 6.00. The molecule has 0 saturated carbocycles. The van der Waals surface area contributed by atoms with Crippen LogP contribution < -0.4 is 5.73 Å². The third-order valence-electron chi connectivity index (χ3n) is 3.14. The molecule has 19 heavy (non-hydrogen) atoms. The fourth-order valence-electron chi connectivity index (χ4n) is 2.05. The van der Waals surface area contributed by atoms with Crippen molar-refractivity contribution in [3.05, 3.63) is 11.6 Å². The quantitative estimate of drug-likeness (QED) is 0.799. The average Bonchev–Trinajstić information content (AvgIpc) is 2.78. The third-order valence-corrected chi connectivity index (χ3v) is 3.14. The van der Waals surface area contributed by atoms with Crippen LogP contribution in [0.15, 0.2) is 0 Å². The van der Waals surface area contributed by atoms with Crippen LogP contribution in [-0.4, -0.2) is 50.5 Å². The minimum absolute atomic E-state index is 0.0950. The molecule has 0 spiro atoms. The summed E-state index contributed by atoms with van der Waals surface area (Å²) in [7, 11) is 0. The molecular formula is C10H16F3N5O. The van der Waals surface area contributed by atoms with Crippen LogP contribution >= 0.6 is 0 Å². The standard InChI is InChI=1S/C10H16F3N5O/c11-10(12,13)9-16-15-8-5-17(3-4-18(8)9)2-1-7(14)6-19/h7,19H,1-6,14H2. The van der Waals surface area contributed by atoms with Crippen LogP contribution in [0.3, 0.4) is 0 Å². The van der Waals surface area contributed by atoms with E-state index in [2.05, 4.69) is 10.2 Å². The van der Waals surface area contributed by atoms with Gasteiger partial charge >= 0.3 is 6.18 Å². The molecule has 108 valence electrons. The van der Waals surface area contributed by atoms with Crippen molar-refractivity contribution in [1.29, 1.82) is 0 Å². The number of hydrogen-bond acceptors (Lipinski definition) is 5. The number of hydrogen-bond donors (Lipinski definition) is 2. The van der Waals surface area contributed by atoms with E-state index in [4.69, 9.17) is 10.8 Å². The van der Waals surface area contributed by atoms with E-state index in [0.717, 1.165) is 4.57 Å². The van der Waals surface area contributed by atoms with E-state index in [9.17, 15) is 13.2 Å². The molecule has 1 atom stereocenters. The molecule has 1 aliphatic rings. The Morgan fingerprint density at radius 1 is 1.32 bits per heavy atom. The van der Waals surface area contributed by atoms with Gasteiger partial charge in [-0.15, -0.1) is 10.2 Å². The van der Waals surface area contributed by atoms with Crippen molar-refractivity contribution in [1.82, 2.24) is 19.7 Å². The maximum Gasteiger partial charge on any atom is 0.451 e. The fraction of sp³-hybridized carbons (Fsp3) is 0.800. The highest BCUT2D eigenvalue weighted by Gasteiger charge is 2.39. The summed E-state index contributed by atoms with van der Waals surface area (Å²) < 4.78 is 39.0. The van der Waals surface area contributed by atoms with Gasteiger partial charge in [-0.25, -0.2) is 0 Å². The van der Waals surface area contributed by atoms with Crippen molar-refractivity contribution in [3.63, 3.8) is 0 Å². The molecule has 1 aromatic heterocycles. The minimum Gasteiger partial charge on any atom is -0.395 e. The van der Waals surface area contributed by atoms with Gasteiger partial charge in [-0.2, -0.15) is 13.2 Å². The lowest BCUT2D eigenvalue weighted by atomic mass is 10.2. The largest absolute Gasteiger partial charge is 0.451 e. The van der Waals surface area contributed by atoms with Crippen molar-refractivity contribution >= 4 is 0 Å². The van der Waals surface area contributed by atoms with Gasteiger partial charge < -0.3 is 15.4 Å². The Balaban J connectivity index is 2.00. The summed E-state index contributed by atoms with van der Waals surface area (Å²) in [6.45, 7) is 1.55. The number of aliphatic hydroxyl groups is 1. The predicted molar refractivity (Wildman–Crippen MR) is 60.0 cm³/mol. The lowest BCUT2D eigenvalue weighted by Crippen LogP contribution is -2.38. The number of nitrogens with zero attached hydrogens (tertiary/aromatic N) is 4. The zero-order chi connectivity index (χ0) is 14.0. The smallest absolute Gasteiger partial charge is 0.395 e. The maximum atomic E-state index is 12.6. The molecule has 9 heteroatoms. The molecule has 6 nitrogen and oxygen atoms in total. The summed E-state index contributed by atoms with van der Waals surface area (Å²) in [4.78, 5) is 1.96. The number of fused-ring (bicyclic) bond motifs is 1. The summed E-state index contributed by atoms with van der Waals surface area (Å²) in [5.41, 5.74) is 5.59. The highest BCUT2D eigenvalue weighted by atomic mass is 19.4. The Kier molecular flexibility index (Phi) is 4.07. The Morgan fingerprint density at radius 3 is 2.68 bits per heavy atom. The van der Waals surface area contributed by atoms with Gasteiger partial charge in [0.2, 0.25) is 5.82 Å². The molecule has 0 radical (unpaired) electrons. The number of halogens is 3. The molecule has 0 saturated heterocycles. The Bertz CT molecular complexity index is 433. The summed E-state index contributed by atoms with van der Waals surface area (Å²) in [6.07, 6.45) is -3.87. The first kappa shape index (κ1) is 14.2. The molecular weight excluding hydrogens is 263 g/mol. The number of aliphatic hydroxyl groups excluding tert-OH is 1. The highest BCUT2D eigenvalue weighted by molar-refractivity contribution is 5.02. The lowest BCUT2D eigenvalue weighted by molar-refractivity contribution is -0.148. The topological polar surface area (TPSA) is 80.2 Å². The lowest BCUT2D eigenvalue weighted by Gasteiger charge is -2.28. The van der Waals surface area contributed by atoms with Crippen molar-refractivity contribution in [3.8, 4) is 0 Å². The molecule has 0 fully saturated rings. The van der Waals surface area contributed by atoms with Gasteiger partial charge in [0, 0.05) is 25.7 Å². The van der Waals surface area contributed by atoms with Crippen molar-refractivity contribution in [2.45, 2.75) is 31.7 Å². The van der Waals surface area contributed by atoms with E-state index in [0.29, 0.717) is 31.9 Å². The summed E-state index contributed by atoms with van der Waals surface area (Å²) >= 11 is 0. The second-order valence-electron chi connectivity index (χ2n) is 4.60. The van der Waals surface area contributed by atoms with E-state index in [1.165, 1.54) is 0 Å². The van der Waals surface area contributed by atoms with Gasteiger partial charge in [-0.1, -0.05) is 0 Å². The minimum atomic E-state index is -4.47. The number of nitrogens with two attached hydrogens (primary N) is 1. The Morgan fingerprint density at radius 2 is 2.05 bits per heavy atom. The normalized spacial score (nSPS) is 18.4. The highest BCUT2D eigenvalue weighted by Crippen LogP contribution is 2.29. The number of aromatic nitrogens is 3. The molecule has 2 heterocycles. The van der Waals surface area contributed by atoms with E-state index in [1.54, 1.807) is 0 Å². The zero-order valence-corrected chi connectivity index (χ0v) is 10.3. The number of alkyl halides is 3. The van der Waals surface area contributed by atoms with Crippen LogP contribution in [0.4, 0.5) is 13.2 Å². The Hall–Kier alpha value is -1.19. The van der Waals surface area contributed by atoms with Gasteiger partial charge in [-0.3, -0.25) is 4.90 Å². The summed E-state index contributed by atoms with van der Waals surface area (Å²) in [6, 6.07) is -0.300. The molecule has 0 aliphatic carbocycles. The van der Waals surface area contributed by atoms with Crippen LogP contribution in [0.25, 0.3) is 0 Å². The number of rotatable bonds is 4. The van der Waals surface area contributed by atoms with Crippen LogP contribution in [0.1, 0.15) is 18.1 Å². The van der Waals surface area contributed by atoms with Crippen LogP contribution in [0, 0.1) is 0 Å². The zero-order valence-electron chi connectivity index (χ0n) is 10.3. The van der Waals surface area contributed by atoms with Gasteiger partial charge in [0.1, 0.15) is 5.82 Å². The first-order chi connectivity index (χ1) is 8.91. The van der Waals surface area contributed by atoms with Crippen LogP contribution in [-0.2, 0) is 19.3 Å². The van der Waals surface area contributed by atoms with Crippen molar-refractivity contribution < 1.29 is 18.3 Å². The van der Waals surface area contributed by atoms with Gasteiger partial charge in [0.05, 0.1) is 13.2 Å². The SMILES string of the molecule is NC(CO)CCN1CCn2c(nnc2C(F)(F)F)C1. The third kappa shape index (κ3) is 3.23. The molecule has 0 bridgehead atoms. The molecule has 0 aromatic carbocycles. The molecule has 3 N–H and O–H groups in total. The first-order valence-corrected chi connectivity index (χ1v) is 6.00. The molecule has 1 aliphatic heterocycles. The van der Waals surface area contributed by atoms with E-state index in [-0.39, 0.29) is 19.2 Å². The molecule has 2 rings (SSSR count). The van der Waals surface area contributed by atoms with E-state index >= 15 is 0 Å². The average molecular weight is 279 g/mol. The monoisotopic (exact) mass is 279 g/mol. The molecule has 0 amide bonds. The second-order valence-corrected chi connectivity index (χ2v) is 4.60. The summed E-state index contributed by atoms with van der Waals surface area (Å²) in [5, 5.41) is 15.6. The van der Waals surface area contributed by atoms with E-state index < -0.39 is 12.0 Å². The van der Waals surface area contributed by atoms with Gasteiger partial charge in [0.25, 0.3) is 0 Å². The predicted octanol–water partition coefficient (Wildman–Crippen LogP) is -0.178. The molecule has 1 unspecified atom stereocenters. The second kappa shape index (κ2) is 5.43.